The number of fused-ring (bicyclic) bond motifs is 2. The van der Waals surface area contributed by atoms with E-state index in [2.05, 4.69) is 116 Å². The number of nitrogens with zero attached hydrogens (tertiary/aromatic N) is 1. The summed E-state index contributed by atoms with van der Waals surface area (Å²) in [4.78, 5) is 5.35. The van der Waals surface area contributed by atoms with Gasteiger partial charge in [0.1, 0.15) is 0 Å². The van der Waals surface area contributed by atoms with Gasteiger partial charge < -0.3 is 5.73 Å². The smallest absolute Gasteiger partial charge is 0.0975 e. The van der Waals surface area contributed by atoms with Crippen LogP contribution in [-0.4, -0.2) is 12.3 Å². The Labute approximate surface area is 250 Å². The Balaban J connectivity index is 1.16. The maximum Gasteiger partial charge on any atom is 0.0975 e. The number of rotatable bonds is 6. The largest absolute Gasteiger partial charge is 0.399 e. The molecule has 210 valence electrons. The summed E-state index contributed by atoms with van der Waals surface area (Å²) >= 11 is 0. The Bertz CT molecular complexity index is 1690. The molecule has 0 amide bonds. The third-order valence-corrected chi connectivity index (χ3v) is 9.51. The lowest BCUT2D eigenvalue weighted by molar-refractivity contribution is 0.633. The van der Waals surface area contributed by atoms with Gasteiger partial charge in [0, 0.05) is 17.8 Å². The maximum atomic E-state index is 6.60. The van der Waals surface area contributed by atoms with Gasteiger partial charge in [-0.1, -0.05) is 109 Å². The van der Waals surface area contributed by atoms with E-state index in [-0.39, 0.29) is 6.04 Å². The zero-order valence-corrected chi connectivity index (χ0v) is 24.4. The third-order valence-electron chi connectivity index (χ3n) is 9.51. The van der Waals surface area contributed by atoms with E-state index in [1.165, 1.54) is 49.8 Å². The predicted molar refractivity (Wildman–Crippen MR) is 179 cm³/mol. The summed E-state index contributed by atoms with van der Waals surface area (Å²) in [6.07, 6.45) is 36.1. The molecule has 2 nitrogen and oxygen atoms in total. The first-order valence-corrected chi connectivity index (χ1v) is 15.8. The van der Waals surface area contributed by atoms with E-state index in [0.29, 0.717) is 11.8 Å². The second kappa shape index (κ2) is 12.0. The van der Waals surface area contributed by atoms with E-state index in [0.717, 1.165) is 57.1 Å². The molecule has 3 unspecified atom stereocenters. The molecule has 0 bridgehead atoms. The molecule has 2 aromatic rings. The van der Waals surface area contributed by atoms with Crippen LogP contribution in [0.15, 0.2) is 148 Å². The highest BCUT2D eigenvalue weighted by atomic mass is 14.8. The highest BCUT2D eigenvalue weighted by molar-refractivity contribution is 5.94. The molecule has 2 aromatic carbocycles. The predicted octanol–water partition coefficient (Wildman–Crippen LogP) is 9.67. The normalized spacial score (nSPS) is 24.6. The van der Waals surface area contributed by atoms with E-state index in [4.69, 9.17) is 10.7 Å². The van der Waals surface area contributed by atoms with E-state index >= 15 is 0 Å². The average Bonchev–Trinajstić information content (AvgIpc) is 3.05. The molecular formula is C40H40N2. The van der Waals surface area contributed by atoms with Crippen molar-refractivity contribution in [3.05, 3.63) is 148 Å². The van der Waals surface area contributed by atoms with Crippen LogP contribution in [0.4, 0.5) is 0 Å². The zero-order chi connectivity index (χ0) is 28.3. The van der Waals surface area contributed by atoms with Crippen LogP contribution in [0.2, 0.25) is 0 Å². The summed E-state index contributed by atoms with van der Waals surface area (Å²) in [6, 6.07) is 15.4. The Morgan fingerprint density at radius 1 is 0.857 bits per heavy atom. The average molecular weight is 549 g/mol. The molecule has 0 heterocycles. The molecule has 0 spiro atoms. The lowest BCUT2D eigenvalue weighted by Gasteiger charge is -2.28. The van der Waals surface area contributed by atoms with Gasteiger partial charge in [0.05, 0.1) is 6.04 Å². The molecule has 5 aliphatic carbocycles. The first-order valence-electron chi connectivity index (χ1n) is 15.8. The molecule has 0 fully saturated rings. The van der Waals surface area contributed by atoms with Crippen LogP contribution < -0.4 is 5.73 Å². The van der Waals surface area contributed by atoms with Crippen molar-refractivity contribution in [3.63, 3.8) is 0 Å². The van der Waals surface area contributed by atoms with Gasteiger partial charge in [0.25, 0.3) is 0 Å². The zero-order valence-electron chi connectivity index (χ0n) is 24.4. The first kappa shape index (κ1) is 26.7. The Morgan fingerprint density at radius 2 is 1.76 bits per heavy atom. The van der Waals surface area contributed by atoms with E-state index < -0.39 is 0 Å². The Morgan fingerprint density at radius 3 is 2.67 bits per heavy atom. The van der Waals surface area contributed by atoms with Crippen LogP contribution in [0.25, 0.3) is 16.3 Å². The number of benzene rings is 2. The fourth-order valence-corrected chi connectivity index (χ4v) is 7.27. The molecule has 0 radical (unpaired) electrons. The Kier molecular flexibility index (Phi) is 7.62. The molecule has 7 rings (SSSR count). The lowest BCUT2D eigenvalue weighted by atomic mass is 9.78. The highest BCUT2D eigenvalue weighted by Gasteiger charge is 2.26. The van der Waals surface area contributed by atoms with E-state index in [9.17, 15) is 0 Å². The van der Waals surface area contributed by atoms with Crippen LogP contribution in [0, 0.1) is 11.8 Å². The summed E-state index contributed by atoms with van der Waals surface area (Å²) in [5.41, 5.74) is 17.2. The van der Waals surface area contributed by atoms with Gasteiger partial charge in [-0.3, -0.25) is 4.99 Å². The molecule has 2 heteroatoms. The van der Waals surface area contributed by atoms with Gasteiger partial charge in [-0.05, 0) is 107 Å². The molecule has 3 atom stereocenters. The quantitative estimate of drug-likeness (QED) is 0.359. The number of aliphatic imine (C=N–C) groups is 1. The minimum Gasteiger partial charge on any atom is -0.399 e. The summed E-state index contributed by atoms with van der Waals surface area (Å²) in [6.45, 7) is 0. The lowest BCUT2D eigenvalue weighted by Crippen LogP contribution is -2.21. The molecular weight excluding hydrogens is 508 g/mol. The second-order valence-corrected chi connectivity index (χ2v) is 12.2. The van der Waals surface area contributed by atoms with Crippen molar-refractivity contribution in [2.45, 2.75) is 57.4 Å². The van der Waals surface area contributed by atoms with E-state index in [1.54, 1.807) is 0 Å². The molecule has 5 aliphatic rings. The van der Waals surface area contributed by atoms with Gasteiger partial charge in [-0.25, -0.2) is 0 Å². The Hall–Kier alpha value is -4.17. The molecule has 0 aliphatic heterocycles. The van der Waals surface area contributed by atoms with Gasteiger partial charge in [0.15, 0.2) is 0 Å². The van der Waals surface area contributed by atoms with Crippen LogP contribution in [0.5, 0.6) is 0 Å². The van der Waals surface area contributed by atoms with Crippen molar-refractivity contribution in [1.82, 2.24) is 0 Å². The molecule has 2 N–H and O–H groups in total. The topological polar surface area (TPSA) is 38.4 Å². The minimum atomic E-state index is -0.00364. The summed E-state index contributed by atoms with van der Waals surface area (Å²) in [7, 11) is 0. The van der Waals surface area contributed by atoms with Crippen molar-refractivity contribution in [2.24, 2.45) is 22.6 Å². The first-order chi connectivity index (χ1) is 20.7. The van der Waals surface area contributed by atoms with Crippen molar-refractivity contribution in [3.8, 4) is 0 Å². The molecule has 0 aromatic heterocycles. The number of hydrogen-bond donors (Lipinski definition) is 1. The van der Waals surface area contributed by atoms with E-state index in [1.807, 2.05) is 0 Å². The molecule has 0 saturated heterocycles. The van der Waals surface area contributed by atoms with Gasteiger partial charge in [-0.15, -0.1) is 0 Å². The highest BCUT2D eigenvalue weighted by Crippen LogP contribution is 2.39. The van der Waals surface area contributed by atoms with Gasteiger partial charge in [-0.2, -0.15) is 0 Å². The standard InChI is InChI=1S/C40H40N2/c41-39-21-6-5-18-38(39)40(32-24-22-31(23-25-32)36-19-8-13-29-11-1-3-16-34(29)36)42-27-28-10-7-15-33(26-28)37-20-9-14-30-12-2-4-17-35(30)37/h1-4,8-9,11-12,14-22,24,27-29,40H,5-7,10,13,23,25-26,41H2/b42-27+. The minimum absolute atomic E-state index is 0.00364. The number of allylic oxidation sites excluding steroid dienone is 15. The summed E-state index contributed by atoms with van der Waals surface area (Å²) in [5, 5.41) is 2.65. The van der Waals surface area contributed by atoms with Crippen LogP contribution in [0.1, 0.15) is 56.9 Å². The van der Waals surface area contributed by atoms with Crippen molar-refractivity contribution in [1.29, 1.82) is 0 Å². The van der Waals surface area contributed by atoms with Crippen molar-refractivity contribution < 1.29 is 0 Å². The maximum absolute atomic E-state index is 6.60. The van der Waals surface area contributed by atoms with Crippen molar-refractivity contribution >= 4 is 22.6 Å². The SMILES string of the molecule is NC1=CCCC=C1C(/N=C/C1CCC=C(c2cccc3ccccc23)C1)C1=CC=C(C2=C3C=CC=CC3CC=C2)CC1. The molecule has 0 saturated carbocycles. The fraction of sp³-hybridized carbons (Fsp3) is 0.275. The van der Waals surface area contributed by atoms with Gasteiger partial charge in [0.2, 0.25) is 0 Å². The number of nitrogens with two attached hydrogens (primary N) is 1. The van der Waals surface area contributed by atoms with Gasteiger partial charge >= 0.3 is 0 Å². The summed E-state index contributed by atoms with van der Waals surface area (Å²) < 4.78 is 0. The summed E-state index contributed by atoms with van der Waals surface area (Å²) in [5.74, 6) is 0.942. The fourth-order valence-electron chi connectivity index (χ4n) is 7.27. The van der Waals surface area contributed by atoms with Crippen LogP contribution in [0.3, 0.4) is 0 Å². The van der Waals surface area contributed by atoms with Crippen LogP contribution >= 0.6 is 0 Å². The monoisotopic (exact) mass is 548 g/mol. The third kappa shape index (κ3) is 5.39. The second-order valence-electron chi connectivity index (χ2n) is 12.2. The number of hydrogen-bond acceptors (Lipinski definition) is 2. The van der Waals surface area contributed by atoms with Crippen molar-refractivity contribution in [2.75, 3.05) is 0 Å². The molecule has 42 heavy (non-hydrogen) atoms. The van der Waals surface area contributed by atoms with Crippen LogP contribution in [-0.2, 0) is 0 Å².